The number of hydrogen-bond donors (Lipinski definition) is 1. The summed E-state index contributed by atoms with van der Waals surface area (Å²) in [6, 6.07) is 6.69. The van der Waals surface area contributed by atoms with E-state index in [1.54, 1.807) is 6.07 Å². The van der Waals surface area contributed by atoms with Crippen LogP contribution >= 0.6 is 12.4 Å². The molecule has 1 aliphatic rings. The number of rotatable bonds is 3. The van der Waals surface area contributed by atoms with Crippen molar-refractivity contribution in [1.29, 1.82) is 0 Å². The molecule has 0 spiro atoms. The minimum Gasteiger partial charge on any atom is -0.339 e. The largest absolute Gasteiger partial charge is 0.339 e. The lowest BCUT2D eigenvalue weighted by Crippen LogP contribution is -2.26. The molecule has 4 nitrogen and oxygen atoms in total. The molecule has 1 heterocycles. The van der Waals surface area contributed by atoms with E-state index in [0.717, 1.165) is 31.2 Å². The second-order valence-electron chi connectivity index (χ2n) is 5.48. The van der Waals surface area contributed by atoms with Gasteiger partial charge in [0.1, 0.15) is 5.82 Å². The van der Waals surface area contributed by atoms with Crippen LogP contribution in [0, 0.1) is 5.82 Å². The number of hydrogen-bond acceptors (Lipinski definition) is 4. The third kappa shape index (κ3) is 4.02. The lowest BCUT2D eigenvalue weighted by molar-refractivity contribution is 0.297. The van der Waals surface area contributed by atoms with Gasteiger partial charge in [0.25, 0.3) is 0 Å². The van der Waals surface area contributed by atoms with Gasteiger partial charge in [-0.15, -0.1) is 12.4 Å². The first-order valence-corrected chi connectivity index (χ1v) is 7.03. The van der Waals surface area contributed by atoms with Gasteiger partial charge >= 0.3 is 0 Å². The highest BCUT2D eigenvalue weighted by molar-refractivity contribution is 5.85. The van der Waals surface area contributed by atoms with Crippen molar-refractivity contribution in [2.24, 2.45) is 5.73 Å². The SMILES string of the molecule is Cl.NC1CCCC(c2nc(Cc3cccc(F)c3)no2)C1. The van der Waals surface area contributed by atoms with Gasteiger partial charge < -0.3 is 10.3 Å². The first-order valence-electron chi connectivity index (χ1n) is 7.03. The summed E-state index contributed by atoms with van der Waals surface area (Å²) in [5, 5.41) is 3.99. The van der Waals surface area contributed by atoms with Gasteiger partial charge in [0.15, 0.2) is 5.82 Å². The van der Waals surface area contributed by atoms with Crippen molar-refractivity contribution in [3.05, 3.63) is 47.4 Å². The van der Waals surface area contributed by atoms with Crippen LogP contribution in [0.1, 0.15) is 48.9 Å². The van der Waals surface area contributed by atoms with E-state index in [4.69, 9.17) is 10.3 Å². The zero-order chi connectivity index (χ0) is 13.9. The molecule has 0 amide bonds. The lowest BCUT2D eigenvalue weighted by atomic mass is 9.86. The Morgan fingerprint density at radius 1 is 1.33 bits per heavy atom. The van der Waals surface area contributed by atoms with Crippen molar-refractivity contribution in [3.63, 3.8) is 0 Å². The van der Waals surface area contributed by atoms with Crippen LogP contribution in [0.5, 0.6) is 0 Å². The summed E-state index contributed by atoms with van der Waals surface area (Å²) in [5.74, 6) is 1.30. The number of nitrogens with two attached hydrogens (primary N) is 1. The highest BCUT2D eigenvalue weighted by atomic mass is 35.5. The molecule has 6 heteroatoms. The molecule has 114 valence electrons. The molecule has 0 aliphatic heterocycles. The van der Waals surface area contributed by atoms with Crippen LogP contribution < -0.4 is 5.73 Å². The van der Waals surface area contributed by atoms with Gasteiger partial charge in [-0.1, -0.05) is 23.7 Å². The fourth-order valence-electron chi connectivity index (χ4n) is 2.79. The molecule has 1 aromatic heterocycles. The van der Waals surface area contributed by atoms with E-state index in [1.807, 2.05) is 6.07 Å². The minimum atomic E-state index is -0.246. The third-order valence-electron chi connectivity index (χ3n) is 3.80. The molecular formula is C15H19ClFN3O. The minimum absolute atomic E-state index is 0. The Hall–Kier alpha value is -1.46. The summed E-state index contributed by atoms with van der Waals surface area (Å²) in [4.78, 5) is 4.44. The molecule has 0 bridgehead atoms. The van der Waals surface area contributed by atoms with Crippen LogP contribution in [-0.2, 0) is 6.42 Å². The Morgan fingerprint density at radius 3 is 2.95 bits per heavy atom. The Bertz CT molecular complexity index is 590. The highest BCUT2D eigenvalue weighted by Crippen LogP contribution is 2.31. The summed E-state index contributed by atoms with van der Waals surface area (Å²) in [7, 11) is 0. The van der Waals surface area contributed by atoms with Crippen LogP contribution in [0.15, 0.2) is 28.8 Å². The van der Waals surface area contributed by atoms with Crippen molar-refractivity contribution in [1.82, 2.24) is 10.1 Å². The monoisotopic (exact) mass is 311 g/mol. The topological polar surface area (TPSA) is 64.9 Å². The van der Waals surface area contributed by atoms with E-state index in [9.17, 15) is 4.39 Å². The predicted molar refractivity (Wildman–Crippen MR) is 79.9 cm³/mol. The first kappa shape index (κ1) is 15.9. The molecule has 2 N–H and O–H groups in total. The Labute approximate surface area is 129 Å². The summed E-state index contributed by atoms with van der Waals surface area (Å²) in [6.45, 7) is 0. The number of halogens is 2. The number of nitrogens with zero attached hydrogens (tertiary/aromatic N) is 2. The molecule has 1 saturated carbocycles. The van der Waals surface area contributed by atoms with Gasteiger partial charge in [-0.2, -0.15) is 4.98 Å². The van der Waals surface area contributed by atoms with Crippen LogP contribution in [0.3, 0.4) is 0 Å². The molecule has 0 saturated heterocycles. The molecule has 21 heavy (non-hydrogen) atoms. The fourth-order valence-corrected chi connectivity index (χ4v) is 2.79. The van der Waals surface area contributed by atoms with Crippen LogP contribution in [0.25, 0.3) is 0 Å². The zero-order valence-corrected chi connectivity index (χ0v) is 12.5. The van der Waals surface area contributed by atoms with Crippen LogP contribution in [0.2, 0.25) is 0 Å². The maximum absolute atomic E-state index is 13.1. The Balaban J connectivity index is 0.00000161. The fraction of sp³-hybridized carbons (Fsp3) is 0.467. The second-order valence-corrected chi connectivity index (χ2v) is 5.48. The van der Waals surface area contributed by atoms with Crippen molar-refractivity contribution in [3.8, 4) is 0 Å². The van der Waals surface area contributed by atoms with Crippen molar-refractivity contribution >= 4 is 12.4 Å². The summed E-state index contributed by atoms with van der Waals surface area (Å²) in [6.07, 6.45) is 4.62. The summed E-state index contributed by atoms with van der Waals surface area (Å²) in [5.41, 5.74) is 6.82. The molecule has 3 rings (SSSR count). The lowest BCUT2D eigenvalue weighted by Gasteiger charge is -2.23. The van der Waals surface area contributed by atoms with Crippen LogP contribution in [-0.4, -0.2) is 16.2 Å². The summed E-state index contributed by atoms with van der Waals surface area (Å²) >= 11 is 0. The van der Waals surface area contributed by atoms with Crippen molar-refractivity contribution in [2.45, 2.75) is 44.1 Å². The zero-order valence-electron chi connectivity index (χ0n) is 11.7. The molecular weight excluding hydrogens is 293 g/mol. The average Bonchev–Trinajstić information content (AvgIpc) is 2.87. The van der Waals surface area contributed by atoms with Gasteiger partial charge in [-0.3, -0.25) is 0 Å². The Morgan fingerprint density at radius 2 is 2.19 bits per heavy atom. The molecule has 0 radical (unpaired) electrons. The summed E-state index contributed by atoms with van der Waals surface area (Å²) < 4.78 is 18.5. The van der Waals surface area contributed by atoms with Crippen molar-refractivity contribution < 1.29 is 8.91 Å². The van der Waals surface area contributed by atoms with Gasteiger partial charge in [0.2, 0.25) is 5.89 Å². The number of benzene rings is 1. The van der Waals surface area contributed by atoms with E-state index in [1.165, 1.54) is 12.1 Å². The smallest absolute Gasteiger partial charge is 0.229 e. The number of aromatic nitrogens is 2. The molecule has 1 aliphatic carbocycles. The first-order chi connectivity index (χ1) is 9.70. The average molecular weight is 312 g/mol. The van der Waals surface area contributed by atoms with Gasteiger partial charge in [0, 0.05) is 18.4 Å². The molecule has 2 unspecified atom stereocenters. The van der Waals surface area contributed by atoms with Gasteiger partial charge in [-0.25, -0.2) is 4.39 Å². The second kappa shape index (κ2) is 7.00. The molecule has 1 fully saturated rings. The molecule has 2 atom stereocenters. The standard InChI is InChI=1S/C15H18FN3O.ClH/c16-12-5-1-3-10(7-12)8-14-18-15(20-19-14)11-4-2-6-13(17)9-11;/h1,3,5,7,11,13H,2,4,6,8-9,17H2;1H. The van der Waals surface area contributed by atoms with E-state index in [-0.39, 0.29) is 30.2 Å². The molecule has 2 aromatic rings. The maximum atomic E-state index is 13.1. The normalized spacial score (nSPS) is 21.8. The predicted octanol–water partition coefficient (Wildman–Crippen LogP) is 3.21. The maximum Gasteiger partial charge on any atom is 0.229 e. The van der Waals surface area contributed by atoms with Gasteiger partial charge in [0.05, 0.1) is 0 Å². The third-order valence-corrected chi connectivity index (χ3v) is 3.80. The molecule has 1 aromatic carbocycles. The highest BCUT2D eigenvalue weighted by Gasteiger charge is 2.25. The Kier molecular flexibility index (Phi) is 5.31. The van der Waals surface area contributed by atoms with E-state index < -0.39 is 0 Å². The quantitative estimate of drug-likeness (QED) is 0.945. The van der Waals surface area contributed by atoms with E-state index in [2.05, 4.69) is 10.1 Å². The van der Waals surface area contributed by atoms with E-state index in [0.29, 0.717) is 18.1 Å². The van der Waals surface area contributed by atoms with Crippen molar-refractivity contribution in [2.75, 3.05) is 0 Å². The van der Waals surface area contributed by atoms with E-state index >= 15 is 0 Å². The van der Waals surface area contributed by atoms with Crippen LogP contribution in [0.4, 0.5) is 4.39 Å². The van der Waals surface area contributed by atoms with Gasteiger partial charge in [-0.05, 0) is 37.0 Å².